The van der Waals surface area contributed by atoms with Gasteiger partial charge in [-0.25, -0.2) is 0 Å². The highest BCUT2D eigenvalue weighted by atomic mass is 35.5. The van der Waals surface area contributed by atoms with Crippen LogP contribution in [0.3, 0.4) is 0 Å². The quantitative estimate of drug-likeness (QED) is 0.331. The zero-order valence-corrected chi connectivity index (χ0v) is 24.0. The predicted molar refractivity (Wildman–Crippen MR) is 155 cm³/mol. The van der Waals surface area contributed by atoms with Gasteiger partial charge in [0.25, 0.3) is 0 Å². The number of rotatable bonds is 9. The lowest BCUT2D eigenvalue weighted by atomic mass is 9.99. The molecule has 1 heterocycles. The molecule has 1 atom stereocenters. The normalized spacial score (nSPS) is 13.5. The van der Waals surface area contributed by atoms with Gasteiger partial charge in [0, 0.05) is 24.9 Å². The first-order valence-electron chi connectivity index (χ1n) is 13.1. The van der Waals surface area contributed by atoms with E-state index in [4.69, 9.17) is 32.7 Å². The van der Waals surface area contributed by atoms with Gasteiger partial charge < -0.3 is 19.7 Å². The summed E-state index contributed by atoms with van der Waals surface area (Å²) in [4.78, 5) is 29.2. The molecular weight excluding hydrogens is 535 g/mol. The Balaban J connectivity index is 1.62. The number of nitrogens with zero attached hydrogens (tertiary/aromatic N) is 1. The average molecular weight is 570 g/mol. The van der Waals surface area contributed by atoms with Gasteiger partial charge in [0.05, 0.1) is 10.0 Å². The molecule has 8 heteroatoms. The van der Waals surface area contributed by atoms with Crippen molar-refractivity contribution in [1.82, 2.24) is 10.2 Å². The number of hydrogen-bond acceptors (Lipinski definition) is 4. The Hall–Kier alpha value is -3.22. The highest BCUT2D eigenvalue weighted by molar-refractivity contribution is 6.42. The van der Waals surface area contributed by atoms with E-state index in [-0.39, 0.29) is 24.8 Å². The van der Waals surface area contributed by atoms with Gasteiger partial charge in [-0.1, -0.05) is 65.7 Å². The van der Waals surface area contributed by atoms with Crippen LogP contribution in [0.15, 0.2) is 66.7 Å². The largest absolute Gasteiger partial charge is 0.486 e. The van der Waals surface area contributed by atoms with Crippen LogP contribution < -0.4 is 14.8 Å². The lowest BCUT2D eigenvalue weighted by Crippen LogP contribution is -2.54. The molecule has 1 N–H and O–H groups in total. The smallest absolute Gasteiger partial charge is 0.243 e. The second kappa shape index (κ2) is 12.8. The molecule has 0 aliphatic carbocycles. The van der Waals surface area contributed by atoms with E-state index < -0.39 is 11.6 Å². The Morgan fingerprint density at radius 2 is 1.56 bits per heavy atom. The number of halogens is 2. The molecule has 6 nitrogen and oxygen atoms in total. The van der Waals surface area contributed by atoms with Gasteiger partial charge in [0.2, 0.25) is 11.8 Å². The number of carbonyl (C=O) groups is 2. The maximum Gasteiger partial charge on any atom is 0.243 e. The minimum absolute atomic E-state index is 0.138. The van der Waals surface area contributed by atoms with Gasteiger partial charge in [-0.15, -0.1) is 0 Å². The third-order valence-corrected chi connectivity index (χ3v) is 7.08. The molecule has 0 unspecified atom stereocenters. The van der Waals surface area contributed by atoms with Crippen molar-refractivity contribution in [3.05, 3.63) is 93.5 Å². The molecular formula is C31H34Cl2N2O4. The van der Waals surface area contributed by atoms with Gasteiger partial charge in [-0.3, -0.25) is 9.59 Å². The van der Waals surface area contributed by atoms with Crippen molar-refractivity contribution in [2.24, 2.45) is 0 Å². The molecule has 206 valence electrons. The van der Waals surface area contributed by atoms with Gasteiger partial charge >= 0.3 is 0 Å². The molecule has 0 saturated heterocycles. The fourth-order valence-electron chi connectivity index (χ4n) is 4.48. The predicted octanol–water partition coefficient (Wildman–Crippen LogP) is 6.25. The monoisotopic (exact) mass is 568 g/mol. The van der Waals surface area contributed by atoms with Gasteiger partial charge in [0.1, 0.15) is 19.3 Å². The van der Waals surface area contributed by atoms with Crippen LogP contribution in [0.5, 0.6) is 11.5 Å². The third kappa shape index (κ3) is 8.13. The summed E-state index contributed by atoms with van der Waals surface area (Å²) in [7, 11) is 0. The number of fused-ring (bicyclic) bond motifs is 1. The van der Waals surface area contributed by atoms with Crippen LogP contribution in [0, 0.1) is 0 Å². The Bertz CT molecular complexity index is 1310. The van der Waals surface area contributed by atoms with E-state index in [0.717, 1.165) is 16.7 Å². The summed E-state index contributed by atoms with van der Waals surface area (Å²) in [6, 6.07) is 20.0. The number of benzene rings is 3. The van der Waals surface area contributed by atoms with E-state index in [2.05, 4.69) is 5.32 Å². The highest BCUT2D eigenvalue weighted by Gasteiger charge is 2.32. The van der Waals surface area contributed by atoms with E-state index >= 15 is 0 Å². The molecule has 0 bridgehead atoms. The summed E-state index contributed by atoms with van der Waals surface area (Å²) in [5.74, 6) is 1.05. The zero-order chi connectivity index (χ0) is 28.0. The maximum atomic E-state index is 13.9. The van der Waals surface area contributed by atoms with E-state index in [9.17, 15) is 9.59 Å². The minimum atomic E-state index is -0.728. The average Bonchev–Trinajstić information content (AvgIpc) is 2.90. The van der Waals surface area contributed by atoms with Crippen molar-refractivity contribution in [2.45, 2.75) is 58.2 Å². The molecule has 4 rings (SSSR count). The van der Waals surface area contributed by atoms with Crippen LogP contribution in [-0.2, 0) is 29.0 Å². The summed E-state index contributed by atoms with van der Waals surface area (Å²) in [5.41, 5.74) is 2.25. The van der Waals surface area contributed by atoms with Gasteiger partial charge in [-0.05, 0) is 68.1 Å². The lowest BCUT2D eigenvalue weighted by molar-refractivity contribution is -0.141. The first-order valence-corrected chi connectivity index (χ1v) is 13.8. The van der Waals surface area contributed by atoms with Crippen LogP contribution in [0.25, 0.3) is 0 Å². The summed E-state index contributed by atoms with van der Waals surface area (Å²) in [6.07, 6.45) is 1.08. The number of aryl methyl sites for hydroxylation is 1. The zero-order valence-electron chi connectivity index (χ0n) is 22.5. The Morgan fingerprint density at radius 3 is 2.26 bits per heavy atom. The van der Waals surface area contributed by atoms with Crippen LogP contribution in [0.2, 0.25) is 10.0 Å². The van der Waals surface area contributed by atoms with Crippen LogP contribution in [0.4, 0.5) is 0 Å². The molecule has 0 radical (unpaired) electrons. The maximum absolute atomic E-state index is 13.9. The van der Waals surface area contributed by atoms with Crippen molar-refractivity contribution < 1.29 is 19.1 Å². The van der Waals surface area contributed by atoms with Crippen molar-refractivity contribution in [1.29, 1.82) is 0 Å². The molecule has 0 aromatic heterocycles. The van der Waals surface area contributed by atoms with Crippen molar-refractivity contribution in [3.8, 4) is 11.5 Å². The van der Waals surface area contributed by atoms with E-state index in [0.29, 0.717) is 47.6 Å². The molecule has 0 saturated carbocycles. The van der Waals surface area contributed by atoms with Crippen LogP contribution in [-0.4, -0.2) is 41.5 Å². The summed E-state index contributed by atoms with van der Waals surface area (Å²) >= 11 is 12.4. The Morgan fingerprint density at radius 1 is 0.872 bits per heavy atom. The highest BCUT2D eigenvalue weighted by Crippen LogP contribution is 2.31. The fraction of sp³-hybridized carbons (Fsp3) is 0.355. The summed E-state index contributed by atoms with van der Waals surface area (Å²) < 4.78 is 11.3. The van der Waals surface area contributed by atoms with E-state index in [1.165, 1.54) is 0 Å². The number of amides is 2. The topological polar surface area (TPSA) is 67.9 Å². The van der Waals surface area contributed by atoms with Gasteiger partial charge in [-0.2, -0.15) is 0 Å². The van der Waals surface area contributed by atoms with E-state index in [1.807, 2.05) is 75.4 Å². The summed E-state index contributed by atoms with van der Waals surface area (Å²) in [5, 5.41) is 3.91. The number of ether oxygens (including phenoxy) is 2. The fourth-order valence-corrected chi connectivity index (χ4v) is 4.80. The van der Waals surface area contributed by atoms with Crippen LogP contribution in [0.1, 0.15) is 43.9 Å². The Kier molecular flexibility index (Phi) is 9.41. The first-order chi connectivity index (χ1) is 18.6. The second-order valence-electron chi connectivity index (χ2n) is 10.7. The molecule has 0 fully saturated rings. The number of hydrogen-bond donors (Lipinski definition) is 1. The molecule has 2 amide bonds. The third-order valence-electron chi connectivity index (χ3n) is 6.34. The molecule has 1 aliphatic rings. The van der Waals surface area contributed by atoms with Crippen molar-refractivity contribution in [2.75, 3.05) is 13.2 Å². The number of carbonyl (C=O) groups excluding carboxylic acids is 2. The minimum Gasteiger partial charge on any atom is -0.486 e. The lowest BCUT2D eigenvalue weighted by Gasteiger charge is -2.34. The van der Waals surface area contributed by atoms with E-state index in [1.54, 1.807) is 17.0 Å². The summed E-state index contributed by atoms with van der Waals surface area (Å²) in [6.45, 7) is 7.02. The SMILES string of the molecule is CC(C)(C)NC(=O)[C@H](Cc1ccccc1)N(Cc1ccc(Cl)c(Cl)c1)C(=O)CCc1ccc2c(c1)OCCO2. The molecule has 0 spiro atoms. The molecule has 3 aromatic carbocycles. The van der Waals surface area contributed by atoms with Gasteiger partial charge in [0.15, 0.2) is 11.5 Å². The molecule has 3 aromatic rings. The first kappa shape index (κ1) is 28.8. The molecule has 39 heavy (non-hydrogen) atoms. The molecule has 1 aliphatic heterocycles. The van der Waals surface area contributed by atoms with Crippen molar-refractivity contribution in [3.63, 3.8) is 0 Å². The van der Waals surface area contributed by atoms with Crippen molar-refractivity contribution >= 4 is 35.0 Å². The van der Waals surface area contributed by atoms with Crippen LogP contribution >= 0.6 is 23.2 Å². The Labute approximate surface area is 240 Å². The second-order valence-corrected chi connectivity index (χ2v) is 11.5. The number of nitrogens with one attached hydrogen (secondary N) is 1. The standard InChI is InChI=1S/C31H34Cl2N2O4/c1-31(2,3)34-30(37)26(18-21-7-5-4-6-8-21)35(20-23-9-12-24(32)25(33)17-23)29(36)14-11-22-10-13-27-28(19-22)39-16-15-38-27/h4-10,12-13,17,19,26H,11,14-16,18,20H2,1-3H3,(H,34,37)/t26-/m0/s1.